The fraction of sp³-hybridized carbons (Fsp3) is 0.368. The van der Waals surface area contributed by atoms with Crippen molar-refractivity contribution in [2.75, 3.05) is 31.1 Å². The summed E-state index contributed by atoms with van der Waals surface area (Å²) in [4.78, 5) is 16.5. The van der Waals surface area contributed by atoms with E-state index in [4.69, 9.17) is 0 Å². The lowest BCUT2D eigenvalue weighted by Gasteiger charge is -2.35. The van der Waals surface area contributed by atoms with Crippen LogP contribution in [0.2, 0.25) is 0 Å². The Morgan fingerprint density at radius 2 is 1.83 bits per heavy atom. The number of thiophene rings is 1. The molecule has 3 heterocycles. The molecule has 4 nitrogen and oxygen atoms in total. The molecule has 5 heteroatoms. The van der Waals surface area contributed by atoms with Crippen molar-refractivity contribution >= 4 is 27.4 Å². The first-order valence-electron chi connectivity index (χ1n) is 8.58. The van der Waals surface area contributed by atoms with Gasteiger partial charge in [-0.15, -0.1) is 11.3 Å². The lowest BCUT2D eigenvalue weighted by Crippen LogP contribution is -2.46. The second kappa shape index (κ2) is 6.87. The molecule has 0 N–H and O–H groups in total. The number of hydrogen-bond acceptors (Lipinski definition) is 5. The van der Waals surface area contributed by atoms with Crippen molar-refractivity contribution in [3.63, 3.8) is 0 Å². The zero-order valence-electron chi connectivity index (χ0n) is 14.0. The Hall–Kier alpha value is -1.98. The van der Waals surface area contributed by atoms with Gasteiger partial charge in [0.1, 0.15) is 17.0 Å². The topological polar surface area (TPSA) is 32.3 Å². The summed E-state index contributed by atoms with van der Waals surface area (Å²) in [5.41, 5.74) is 1.39. The van der Waals surface area contributed by atoms with Gasteiger partial charge in [-0.1, -0.05) is 37.3 Å². The molecule has 0 bridgehead atoms. The maximum atomic E-state index is 4.59. The molecular formula is C19H22N4S. The Bertz CT molecular complexity index is 807. The van der Waals surface area contributed by atoms with Crippen LogP contribution in [-0.2, 0) is 13.0 Å². The molecule has 1 aliphatic heterocycles. The van der Waals surface area contributed by atoms with Gasteiger partial charge < -0.3 is 4.90 Å². The van der Waals surface area contributed by atoms with Gasteiger partial charge in [-0.3, -0.25) is 4.90 Å². The predicted molar refractivity (Wildman–Crippen MR) is 101 cm³/mol. The van der Waals surface area contributed by atoms with Crippen molar-refractivity contribution in [1.82, 2.24) is 14.9 Å². The highest BCUT2D eigenvalue weighted by Crippen LogP contribution is 2.31. The molecule has 0 unspecified atom stereocenters. The van der Waals surface area contributed by atoms with Crippen LogP contribution in [0.5, 0.6) is 0 Å². The van der Waals surface area contributed by atoms with Crippen molar-refractivity contribution in [1.29, 1.82) is 0 Å². The summed E-state index contributed by atoms with van der Waals surface area (Å²) in [5, 5.41) is 1.22. The van der Waals surface area contributed by atoms with E-state index in [2.05, 4.69) is 63.1 Å². The molecule has 0 spiro atoms. The summed E-state index contributed by atoms with van der Waals surface area (Å²) in [6, 6.07) is 13.0. The summed E-state index contributed by atoms with van der Waals surface area (Å²) >= 11 is 1.79. The Morgan fingerprint density at radius 1 is 1.04 bits per heavy atom. The number of fused-ring (bicyclic) bond motifs is 1. The quantitative estimate of drug-likeness (QED) is 0.728. The zero-order valence-corrected chi connectivity index (χ0v) is 14.8. The first-order chi connectivity index (χ1) is 11.8. The van der Waals surface area contributed by atoms with E-state index in [0.29, 0.717) is 0 Å². The van der Waals surface area contributed by atoms with E-state index in [1.807, 2.05) is 0 Å². The molecule has 1 saturated heterocycles. The minimum Gasteiger partial charge on any atom is -0.353 e. The van der Waals surface area contributed by atoms with Crippen LogP contribution in [0.3, 0.4) is 0 Å². The third-order valence-corrected chi connectivity index (χ3v) is 5.82. The van der Waals surface area contributed by atoms with Gasteiger partial charge in [-0.05, 0) is 18.1 Å². The largest absolute Gasteiger partial charge is 0.353 e. The van der Waals surface area contributed by atoms with E-state index < -0.39 is 0 Å². The van der Waals surface area contributed by atoms with Crippen molar-refractivity contribution in [3.05, 3.63) is 53.2 Å². The zero-order chi connectivity index (χ0) is 16.4. The molecular weight excluding hydrogens is 316 g/mol. The number of nitrogens with zero attached hydrogens (tertiary/aromatic N) is 4. The van der Waals surface area contributed by atoms with Crippen LogP contribution in [0.15, 0.2) is 42.7 Å². The first kappa shape index (κ1) is 15.5. The minimum atomic E-state index is 1.02. The van der Waals surface area contributed by atoms with E-state index in [-0.39, 0.29) is 0 Å². The van der Waals surface area contributed by atoms with Gasteiger partial charge in [0, 0.05) is 37.6 Å². The highest BCUT2D eigenvalue weighted by Gasteiger charge is 2.20. The number of piperazine rings is 1. The summed E-state index contributed by atoms with van der Waals surface area (Å²) < 4.78 is 0. The minimum absolute atomic E-state index is 1.02. The maximum absolute atomic E-state index is 4.59. The van der Waals surface area contributed by atoms with E-state index in [1.54, 1.807) is 17.7 Å². The maximum Gasteiger partial charge on any atom is 0.140 e. The number of anilines is 1. The molecule has 0 amide bonds. The van der Waals surface area contributed by atoms with Crippen LogP contribution in [-0.4, -0.2) is 41.0 Å². The molecule has 2 aromatic heterocycles. The smallest absolute Gasteiger partial charge is 0.140 e. The first-order valence-corrected chi connectivity index (χ1v) is 9.40. The van der Waals surface area contributed by atoms with Crippen molar-refractivity contribution in [2.24, 2.45) is 0 Å². The number of aryl methyl sites for hydroxylation is 1. The molecule has 0 radical (unpaired) electrons. The summed E-state index contributed by atoms with van der Waals surface area (Å²) in [6.07, 6.45) is 2.77. The van der Waals surface area contributed by atoms with Crippen LogP contribution in [0, 0.1) is 0 Å². The average Bonchev–Trinajstić information content (AvgIpc) is 3.07. The third-order valence-electron chi connectivity index (χ3n) is 4.63. The average molecular weight is 338 g/mol. The lowest BCUT2D eigenvalue weighted by molar-refractivity contribution is 0.249. The van der Waals surface area contributed by atoms with Crippen LogP contribution in [0.1, 0.15) is 17.4 Å². The number of hydrogen-bond donors (Lipinski definition) is 0. The SMILES string of the molecule is CCc1cc2c(N3CCN(Cc4ccccc4)CC3)ncnc2s1. The lowest BCUT2D eigenvalue weighted by atomic mass is 10.2. The Morgan fingerprint density at radius 3 is 2.58 bits per heavy atom. The summed E-state index contributed by atoms with van der Waals surface area (Å²) in [5.74, 6) is 1.11. The predicted octanol–water partition coefficient (Wildman–Crippen LogP) is 3.58. The van der Waals surface area contributed by atoms with Gasteiger partial charge in [-0.25, -0.2) is 9.97 Å². The third kappa shape index (κ3) is 3.14. The fourth-order valence-electron chi connectivity index (χ4n) is 3.28. The van der Waals surface area contributed by atoms with E-state index in [0.717, 1.165) is 49.8 Å². The Labute approximate surface area is 146 Å². The monoisotopic (exact) mass is 338 g/mol. The highest BCUT2D eigenvalue weighted by molar-refractivity contribution is 7.18. The molecule has 4 rings (SSSR count). The van der Waals surface area contributed by atoms with Crippen LogP contribution in [0.25, 0.3) is 10.2 Å². The van der Waals surface area contributed by atoms with Gasteiger partial charge >= 0.3 is 0 Å². The van der Waals surface area contributed by atoms with Crippen LogP contribution < -0.4 is 4.90 Å². The fourth-order valence-corrected chi connectivity index (χ4v) is 4.21. The Balaban J connectivity index is 1.47. The normalized spacial score (nSPS) is 16.0. The second-order valence-electron chi connectivity index (χ2n) is 6.23. The van der Waals surface area contributed by atoms with Crippen molar-refractivity contribution < 1.29 is 0 Å². The second-order valence-corrected chi connectivity index (χ2v) is 7.35. The molecule has 3 aromatic rings. The van der Waals surface area contributed by atoms with Gasteiger partial charge in [0.25, 0.3) is 0 Å². The number of aromatic nitrogens is 2. The van der Waals surface area contributed by atoms with Gasteiger partial charge in [0.05, 0.1) is 5.39 Å². The van der Waals surface area contributed by atoms with Crippen LogP contribution >= 0.6 is 11.3 Å². The molecule has 0 saturated carbocycles. The summed E-state index contributed by atoms with van der Waals surface area (Å²) in [7, 11) is 0. The van der Waals surface area contributed by atoms with Gasteiger partial charge in [-0.2, -0.15) is 0 Å². The Kier molecular flexibility index (Phi) is 4.45. The molecule has 0 atom stereocenters. The summed E-state index contributed by atoms with van der Waals surface area (Å²) in [6.45, 7) is 7.43. The van der Waals surface area contributed by atoms with Gasteiger partial charge in [0.15, 0.2) is 0 Å². The number of benzene rings is 1. The van der Waals surface area contributed by atoms with E-state index in [9.17, 15) is 0 Å². The molecule has 1 aromatic carbocycles. The van der Waals surface area contributed by atoms with Crippen molar-refractivity contribution in [3.8, 4) is 0 Å². The molecule has 0 aliphatic carbocycles. The standard InChI is InChI=1S/C19H22N4S/c1-2-16-12-17-18(20-14-21-19(17)24-16)23-10-8-22(9-11-23)13-15-6-4-3-5-7-15/h3-7,12,14H,2,8-11,13H2,1H3. The van der Waals surface area contributed by atoms with Crippen LogP contribution in [0.4, 0.5) is 5.82 Å². The van der Waals surface area contributed by atoms with Crippen molar-refractivity contribution in [2.45, 2.75) is 19.9 Å². The number of rotatable bonds is 4. The van der Waals surface area contributed by atoms with E-state index in [1.165, 1.54) is 15.8 Å². The highest BCUT2D eigenvalue weighted by atomic mass is 32.1. The molecule has 1 fully saturated rings. The molecule has 24 heavy (non-hydrogen) atoms. The van der Waals surface area contributed by atoms with E-state index >= 15 is 0 Å². The van der Waals surface area contributed by atoms with Gasteiger partial charge in [0.2, 0.25) is 0 Å². The molecule has 124 valence electrons. The molecule has 1 aliphatic rings.